The molecule has 1 aliphatic heterocycles. The monoisotopic (exact) mass is 404 g/mol. The van der Waals surface area contributed by atoms with Crippen LogP contribution in [0.15, 0.2) is 23.1 Å². The van der Waals surface area contributed by atoms with Crippen LogP contribution in [0.3, 0.4) is 0 Å². The summed E-state index contributed by atoms with van der Waals surface area (Å²) in [4.78, 5) is 63.3. The molecule has 28 heavy (non-hydrogen) atoms. The minimum absolute atomic E-state index is 0.0563. The highest BCUT2D eigenvalue weighted by molar-refractivity contribution is 8.00. The van der Waals surface area contributed by atoms with Gasteiger partial charge in [0.1, 0.15) is 5.75 Å². The number of aliphatic hydroxyl groups is 1. The zero-order valence-corrected chi connectivity index (χ0v) is 15.1. The summed E-state index contributed by atoms with van der Waals surface area (Å²) in [7, 11) is 0. The number of thioether (sulfide) groups is 1. The Labute approximate surface area is 162 Å². The second kappa shape index (κ2) is 5.97. The average Bonchev–Trinajstić information content (AvgIpc) is 2.62. The van der Waals surface area contributed by atoms with Crippen molar-refractivity contribution in [2.24, 2.45) is 29.2 Å². The number of rotatable bonds is 1. The fourth-order valence-corrected chi connectivity index (χ4v) is 5.95. The topological polar surface area (TPSA) is 178 Å². The normalized spacial score (nSPS) is 37.1. The van der Waals surface area contributed by atoms with Gasteiger partial charge in [-0.3, -0.25) is 24.0 Å². The quantitative estimate of drug-likeness (QED) is 0.408. The van der Waals surface area contributed by atoms with E-state index in [1.165, 1.54) is 6.07 Å². The van der Waals surface area contributed by atoms with Crippen LogP contribution in [0.2, 0.25) is 0 Å². The molecule has 1 amide bonds. The lowest BCUT2D eigenvalue weighted by atomic mass is 9.57. The first-order valence-corrected chi connectivity index (χ1v) is 9.41. The summed E-state index contributed by atoms with van der Waals surface area (Å²) in [5.41, 5.74) is 8.19. The molecule has 1 aromatic rings. The van der Waals surface area contributed by atoms with Crippen LogP contribution in [-0.2, 0) is 19.2 Å². The van der Waals surface area contributed by atoms with Gasteiger partial charge in [-0.25, -0.2) is 0 Å². The summed E-state index contributed by atoms with van der Waals surface area (Å²) in [5.74, 6) is -10.4. The Hall–Kier alpha value is -2.56. The maximum absolute atomic E-state index is 13.2. The van der Waals surface area contributed by atoms with Gasteiger partial charge in [0, 0.05) is 16.1 Å². The second-order valence-electron chi connectivity index (χ2n) is 7.25. The molecule has 10 heteroatoms. The molecular formula is C18H16N2O7S. The number of nitrogens with two attached hydrogens (primary N) is 2. The Balaban J connectivity index is 1.84. The molecule has 1 heterocycles. The van der Waals surface area contributed by atoms with Crippen molar-refractivity contribution < 1.29 is 34.2 Å². The lowest BCUT2D eigenvalue weighted by Gasteiger charge is -2.50. The van der Waals surface area contributed by atoms with Crippen molar-refractivity contribution in [2.75, 3.05) is 0 Å². The molecule has 2 saturated carbocycles. The molecule has 2 fully saturated rings. The first kappa shape index (κ1) is 18.8. The maximum atomic E-state index is 13.2. The fourth-order valence-electron chi connectivity index (χ4n) is 4.45. The van der Waals surface area contributed by atoms with E-state index in [1.54, 1.807) is 12.1 Å². The van der Waals surface area contributed by atoms with Crippen molar-refractivity contribution in [1.82, 2.24) is 0 Å². The number of amides is 1. The Morgan fingerprint density at radius 2 is 1.86 bits per heavy atom. The summed E-state index contributed by atoms with van der Waals surface area (Å²) in [6.45, 7) is 0. The average molecular weight is 404 g/mol. The third kappa shape index (κ3) is 2.19. The molecule has 2 aliphatic carbocycles. The standard InChI is InChI=1S/C18H16N2O7S/c19-12-5-4-8-10(13(22)9-6(21)2-1-3-7(9)28-8)15(24)18(5,27)16(25)11(14(12)23)17(20)26/h1-3,5,8,10-12,21,27H,4,19H2,(H2,20,26). The van der Waals surface area contributed by atoms with E-state index in [2.05, 4.69) is 0 Å². The molecule has 6 N–H and O–H groups in total. The Morgan fingerprint density at radius 1 is 1.18 bits per heavy atom. The van der Waals surface area contributed by atoms with E-state index in [1.807, 2.05) is 0 Å². The van der Waals surface area contributed by atoms with Crippen LogP contribution < -0.4 is 11.5 Å². The third-order valence-electron chi connectivity index (χ3n) is 5.83. The van der Waals surface area contributed by atoms with Crippen LogP contribution in [0.1, 0.15) is 16.8 Å². The maximum Gasteiger partial charge on any atom is 0.235 e. The smallest absolute Gasteiger partial charge is 0.235 e. The zero-order valence-electron chi connectivity index (χ0n) is 14.3. The van der Waals surface area contributed by atoms with Crippen LogP contribution >= 0.6 is 11.8 Å². The summed E-state index contributed by atoms with van der Waals surface area (Å²) in [5, 5.41) is 20.4. The van der Waals surface area contributed by atoms with Crippen molar-refractivity contribution in [3.8, 4) is 5.75 Å². The summed E-state index contributed by atoms with van der Waals surface area (Å²) < 4.78 is 0. The van der Waals surface area contributed by atoms with E-state index in [0.717, 1.165) is 11.8 Å². The molecule has 6 unspecified atom stereocenters. The van der Waals surface area contributed by atoms with Crippen LogP contribution in [0.25, 0.3) is 0 Å². The summed E-state index contributed by atoms with van der Waals surface area (Å²) in [6, 6.07) is 3.00. The molecule has 3 aliphatic rings. The number of carbonyl (C=O) groups is 5. The van der Waals surface area contributed by atoms with Crippen molar-refractivity contribution in [2.45, 2.75) is 28.2 Å². The number of primary amides is 1. The Kier molecular flexibility index (Phi) is 4.00. The molecule has 0 bridgehead atoms. The number of Topliss-reactive ketones (excluding diaryl/α,β-unsaturated/α-hetero) is 4. The Bertz CT molecular complexity index is 977. The van der Waals surface area contributed by atoms with E-state index in [4.69, 9.17) is 11.5 Å². The predicted molar refractivity (Wildman–Crippen MR) is 94.3 cm³/mol. The van der Waals surface area contributed by atoms with Gasteiger partial charge in [-0.05, 0) is 18.6 Å². The molecule has 0 aromatic heterocycles. The predicted octanol–water partition coefficient (Wildman–Crippen LogP) is -1.43. The van der Waals surface area contributed by atoms with Crippen molar-refractivity contribution >= 4 is 40.8 Å². The second-order valence-corrected chi connectivity index (χ2v) is 8.53. The SMILES string of the molecule is NC(=O)C1C(=O)C(N)C2CC3Sc4cccc(O)c4C(=O)C3C(=O)C2(O)C1=O. The number of phenols is 1. The number of hydrogen-bond acceptors (Lipinski definition) is 9. The highest BCUT2D eigenvalue weighted by Crippen LogP contribution is 2.52. The number of fused-ring (bicyclic) bond motifs is 3. The number of carbonyl (C=O) groups excluding carboxylic acids is 5. The van der Waals surface area contributed by atoms with Crippen molar-refractivity contribution in [3.63, 3.8) is 0 Å². The minimum atomic E-state index is -2.76. The van der Waals surface area contributed by atoms with Gasteiger partial charge in [0.2, 0.25) is 5.91 Å². The minimum Gasteiger partial charge on any atom is -0.507 e. The summed E-state index contributed by atoms with van der Waals surface area (Å²) >= 11 is 1.15. The lowest BCUT2D eigenvalue weighted by Crippen LogP contribution is -2.74. The number of aromatic hydroxyl groups is 1. The molecule has 146 valence electrons. The molecule has 9 nitrogen and oxygen atoms in total. The van der Waals surface area contributed by atoms with E-state index in [0.29, 0.717) is 4.90 Å². The van der Waals surface area contributed by atoms with Gasteiger partial charge in [-0.2, -0.15) is 0 Å². The van der Waals surface area contributed by atoms with Gasteiger partial charge < -0.3 is 21.7 Å². The number of hydrogen-bond donors (Lipinski definition) is 4. The van der Waals surface area contributed by atoms with E-state index in [-0.39, 0.29) is 17.7 Å². The van der Waals surface area contributed by atoms with E-state index >= 15 is 0 Å². The molecule has 1 aromatic carbocycles. The number of ketones is 4. The number of benzene rings is 1. The van der Waals surface area contributed by atoms with Gasteiger partial charge in [0.15, 0.2) is 34.7 Å². The molecule has 0 saturated heterocycles. The van der Waals surface area contributed by atoms with Crippen LogP contribution in [0.5, 0.6) is 5.75 Å². The van der Waals surface area contributed by atoms with Gasteiger partial charge in [0.05, 0.1) is 17.5 Å². The lowest BCUT2D eigenvalue weighted by molar-refractivity contribution is -0.174. The molecule has 0 radical (unpaired) electrons. The first-order chi connectivity index (χ1) is 13.1. The first-order valence-electron chi connectivity index (χ1n) is 8.53. The molecule has 4 rings (SSSR count). The van der Waals surface area contributed by atoms with Crippen molar-refractivity contribution in [1.29, 1.82) is 0 Å². The van der Waals surface area contributed by atoms with Crippen LogP contribution in [0, 0.1) is 17.8 Å². The van der Waals surface area contributed by atoms with Gasteiger partial charge in [-0.1, -0.05) is 6.07 Å². The highest BCUT2D eigenvalue weighted by Gasteiger charge is 2.68. The van der Waals surface area contributed by atoms with Crippen LogP contribution in [0.4, 0.5) is 0 Å². The van der Waals surface area contributed by atoms with Crippen molar-refractivity contribution in [3.05, 3.63) is 23.8 Å². The van der Waals surface area contributed by atoms with Gasteiger partial charge in [0.25, 0.3) is 0 Å². The third-order valence-corrected chi connectivity index (χ3v) is 7.19. The van der Waals surface area contributed by atoms with E-state index in [9.17, 15) is 34.2 Å². The van der Waals surface area contributed by atoms with E-state index < -0.39 is 63.7 Å². The van der Waals surface area contributed by atoms with Gasteiger partial charge >= 0.3 is 0 Å². The number of phenolic OH excluding ortho intramolecular Hbond substituents is 1. The highest BCUT2D eigenvalue weighted by atomic mass is 32.2. The fraction of sp³-hybridized carbons (Fsp3) is 0.389. The summed E-state index contributed by atoms with van der Waals surface area (Å²) in [6.07, 6.45) is -0.0669. The molecular weight excluding hydrogens is 388 g/mol. The zero-order chi connectivity index (χ0) is 20.5. The van der Waals surface area contributed by atoms with Crippen LogP contribution in [-0.4, -0.2) is 56.1 Å². The Morgan fingerprint density at radius 3 is 2.50 bits per heavy atom. The largest absolute Gasteiger partial charge is 0.507 e. The molecule has 0 spiro atoms. The molecule has 6 atom stereocenters. The van der Waals surface area contributed by atoms with Gasteiger partial charge in [-0.15, -0.1) is 11.8 Å².